The zero-order valence-electron chi connectivity index (χ0n) is 12.5. The van der Waals surface area contributed by atoms with Crippen molar-refractivity contribution in [1.82, 2.24) is 4.98 Å². The number of ether oxygens (including phenoxy) is 1. The second-order valence-corrected chi connectivity index (χ2v) is 6.05. The first-order valence-corrected chi connectivity index (χ1v) is 7.29. The Morgan fingerprint density at radius 2 is 2.25 bits per heavy atom. The maximum absolute atomic E-state index is 9.98. The van der Waals surface area contributed by atoms with Crippen LogP contribution in [0.2, 0.25) is 0 Å². The van der Waals surface area contributed by atoms with E-state index in [2.05, 4.69) is 30.7 Å². The molecule has 2 unspecified atom stereocenters. The number of nitrogens with two attached hydrogens (primary N) is 1. The molecule has 1 aliphatic rings. The predicted octanol–water partition coefficient (Wildman–Crippen LogP) is 1.91. The lowest BCUT2D eigenvalue weighted by molar-refractivity contribution is 0.102. The molecule has 0 aliphatic carbocycles. The van der Waals surface area contributed by atoms with Crippen LogP contribution < -0.4 is 15.4 Å². The molecular formula is C15H25N3O2. The van der Waals surface area contributed by atoms with Gasteiger partial charge in [-0.25, -0.2) is 0 Å². The summed E-state index contributed by atoms with van der Waals surface area (Å²) < 4.78 is 5.65. The molecule has 0 amide bonds. The fourth-order valence-corrected chi connectivity index (χ4v) is 2.24. The largest absolute Gasteiger partial charge is 0.476 e. The molecule has 1 aromatic heterocycles. The number of nitrogens with zero attached hydrogens (tertiary/aromatic N) is 2. The monoisotopic (exact) mass is 279 g/mol. The number of hydrogen-bond donors (Lipinski definition) is 2. The zero-order chi connectivity index (χ0) is 14.7. The minimum Gasteiger partial charge on any atom is -0.476 e. The van der Waals surface area contributed by atoms with Gasteiger partial charge in [-0.2, -0.15) is 4.98 Å². The van der Waals surface area contributed by atoms with Gasteiger partial charge in [-0.15, -0.1) is 0 Å². The van der Waals surface area contributed by atoms with Crippen molar-refractivity contribution < 1.29 is 9.84 Å². The van der Waals surface area contributed by atoms with E-state index in [9.17, 15) is 5.11 Å². The van der Waals surface area contributed by atoms with Crippen LogP contribution >= 0.6 is 0 Å². The minimum atomic E-state index is -0.303. The number of piperidine rings is 1. The Morgan fingerprint density at radius 3 is 2.90 bits per heavy atom. The van der Waals surface area contributed by atoms with Crippen LogP contribution in [0.25, 0.3) is 0 Å². The van der Waals surface area contributed by atoms with E-state index in [0.717, 1.165) is 18.8 Å². The van der Waals surface area contributed by atoms with E-state index in [1.54, 1.807) is 0 Å². The normalized spacial score (nSPS) is 23.1. The van der Waals surface area contributed by atoms with Gasteiger partial charge in [0, 0.05) is 13.1 Å². The summed E-state index contributed by atoms with van der Waals surface area (Å²) in [5.41, 5.74) is 6.46. The van der Waals surface area contributed by atoms with E-state index in [4.69, 9.17) is 10.5 Å². The maximum atomic E-state index is 9.98. The predicted molar refractivity (Wildman–Crippen MR) is 81.0 cm³/mol. The average Bonchev–Trinajstić information content (AvgIpc) is 2.41. The number of rotatable bonds is 4. The van der Waals surface area contributed by atoms with E-state index in [1.807, 2.05) is 12.1 Å². The molecule has 5 nitrogen and oxygen atoms in total. The van der Waals surface area contributed by atoms with Crippen LogP contribution in [0.3, 0.4) is 0 Å². The highest BCUT2D eigenvalue weighted by atomic mass is 16.5. The maximum Gasteiger partial charge on any atom is 0.239 e. The van der Waals surface area contributed by atoms with Gasteiger partial charge in [-0.1, -0.05) is 20.8 Å². The van der Waals surface area contributed by atoms with Crippen LogP contribution in [0, 0.1) is 11.8 Å². The Hall–Kier alpha value is -1.49. The SMILES string of the molecule is CC(C)COc1nc(N2CCC(C)C(O)C2)ccc1N. The molecule has 1 saturated heterocycles. The first-order chi connectivity index (χ1) is 9.47. The van der Waals surface area contributed by atoms with Crippen molar-refractivity contribution in [3.05, 3.63) is 12.1 Å². The van der Waals surface area contributed by atoms with Crippen LogP contribution in [0.5, 0.6) is 5.88 Å². The van der Waals surface area contributed by atoms with Gasteiger partial charge in [-0.3, -0.25) is 0 Å². The first-order valence-electron chi connectivity index (χ1n) is 7.29. The molecule has 3 N–H and O–H groups in total. The molecule has 20 heavy (non-hydrogen) atoms. The third kappa shape index (κ3) is 3.54. The lowest BCUT2D eigenvalue weighted by atomic mass is 9.96. The summed E-state index contributed by atoms with van der Waals surface area (Å²) in [5.74, 6) is 2.09. The van der Waals surface area contributed by atoms with Gasteiger partial charge in [0.1, 0.15) is 5.82 Å². The number of pyridine rings is 1. The molecule has 2 atom stereocenters. The van der Waals surface area contributed by atoms with Gasteiger partial charge in [0.2, 0.25) is 5.88 Å². The smallest absolute Gasteiger partial charge is 0.239 e. The molecular weight excluding hydrogens is 254 g/mol. The Morgan fingerprint density at radius 1 is 1.50 bits per heavy atom. The molecule has 5 heteroatoms. The second kappa shape index (κ2) is 6.31. The topological polar surface area (TPSA) is 71.6 Å². The fourth-order valence-electron chi connectivity index (χ4n) is 2.24. The van der Waals surface area contributed by atoms with E-state index in [-0.39, 0.29) is 6.10 Å². The summed E-state index contributed by atoms with van der Waals surface area (Å²) in [6.45, 7) is 8.36. The minimum absolute atomic E-state index is 0.303. The van der Waals surface area contributed by atoms with Gasteiger partial charge in [-0.05, 0) is 30.4 Å². The highest BCUT2D eigenvalue weighted by Gasteiger charge is 2.25. The van der Waals surface area contributed by atoms with E-state index >= 15 is 0 Å². The molecule has 112 valence electrons. The van der Waals surface area contributed by atoms with Crippen molar-refractivity contribution in [2.24, 2.45) is 11.8 Å². The number of aromatic nitrogens is 1. The highest BCUT2D eigenvalue weighted by molar-refractivity contribution is 5.54. The lowest BCUT2D eigenvalue weighted by Gasteiger charge is -2.35. The molecule has 1 aliphatic heterocycles. The van der Waals surface area contributed by atoms with Crippen molar-refractivity contribution in [2.75, 3.05) is 30.3 Å². The molecule has 2 rings (SSSR count). The quantitative estimate of drug-likeness (QED) is 0.881. The third-order valence-electron chi connectivity index (χ3n) is 3.67. The second-order valence-electron chi connectivity index (χ2n) is 6.05. The van der Waals surface area contributed by atoms with Crippen molar-refractivity contribution >= 4 is 11.5 Å². The number of anilines is 2. The molecule has 2 heterocycles. The number of aliphatic hydroxyl groups is 1. The molecule has 1 fully saturated rings. The van der Waals surface area contributed by atoms with Crippen LogP contribution in [-0.4, -0.2) is 35.9 Å². The summed E-state index contributed by atoms with van der Waals surface area (Å²) in [6.07, 6.45) is 0.665. The number of β-amino-alcohol motifs (C(OH)–C–C–N with tert-alkyl or cyclic N) is 1. The Bertz CT molecular complexity index is 451. The summed E-state index contributed by atoms with van der Waals surface area (Å²) in [6, 6.07) is 3.71. The van der Waals surface area contributed by atoms with Gasteiger partial charge in [0.05, 0.1) is 18.4 Å². The zero-order valence-corrected chi connectivity index (χ0v) is 12.5. The lowest BCUT2D eigenvalue weighted by Crippen LogP contribution is -2.43. The third-order valence-corrected chi connectivity index (χ3v) is 3.67. The Labute approximate surface area is 120 Å². The van der Waals surface area contributed by atoms with E-state index in [0.29, 0.717) is 36.6 Å². The van der Waals surface area contributed by atoms with Crippen molar-refractivity contribution in [3.63, 3.8) is 0 Å². The molecule has 0 saturated carbocycles. The van der Waals surface area contributed by atoms with Gasteiger partial charge < -0.3 is 20.5 Å². The summed E-state index contributed by atoms with van der Waals surface area (Å²) >= 11 is 0. The standard InChI is InChI=1S/C15H25N3O2/c1-10(2)9-20-15-12(16)4-5-14(17-15)18-7-6-11(3)13(19)8-18/h4-5,10-11,13,19H,6-9,16H2,1-3H3. The molecule has 0 bridgehead atoms. The van der Waals surface area contributed by atoms with Crippen molar-refractivity contribution in [3.8, 4) is 5.88 Å². The van der Waals surface area contributed by atoms with E-state index in [1.165, 1.54) is 0 Å². The van der Waals surface area contributed by atoms with Crippen LogP contribution in [0.15, 0.2) is 12.1 Å². The first kappa shape index (κ1) is 14.9. The molecule has 0 radical (unpaired) electrons. The molecule has 1 aromatic rings. The number of hydrogen-bond acceptors (Lipinski definition) is 5. The Balaban J connectivity index is 2.10. The molecule has 0 aromatic carbocycles. The fraction of sp³-hybridized carbons (Fsp3) is 0.667. The van der Waals surface area contributed by atoms with Gasteiger partial charge in [0.25, 0.3) is 0 Å². The van der Waals surface area contributed by atoms with Gasteiger partial charge in [0.15, 0.2) is 0 Å². The van der Waals surface area contributed by atoms with Crippen LogP contribution in [0.4, 0.5) is 11.5 Å². The highest BCUT2D eigenvalue weighted by Crippen LogP contribution is 2.27. The number of aliphatic hydroxyl groups excluding tert-OH is 1. The van der Waals surface area contributed by atoms with Crippen molar-refractivity contribution in [2.45, 2.75) is 33.3 Å². The summed E-state index contributed by atoms with van der Waals surface area (Å²) in [5, 5.41) is 9.98. The molecule has 0 spiro atoms. The summed E-state index contributed by atoms with van der Waals surface area (Å²) in [4.78, 5) is 6.58. The van der Waals surface area contributed by atoms with E-state index < -0.39 is 0 Å². The summed E-state index contributed by atoms with van der Waals surface area (Å²) in [7, 11) is 0. The Kier molecular flexibility index (Phi) is 4.70. The van der Waals surface area contributed by atoms with Crippen molar-refractivity contribution in [1.29, 1.82) is 0 Å². The number of nitrogen functional groups attached to an aromatic ring is 1. The van der Waals surface area contributed by atoms with Crippen LogP contribution in [0.1, 0.15) is 27.2 Å². The van der Waals surface area contributed by atoms with Crippen LogP contribution in [-0.2, 0) is 0 Å². The van der Waals surface area contributed by atoms with Gasteiger partial charge >= 0.3 is 0 Å². The average molecular weight is 279 g/mol.